The van der Waals surface area contributed by atoms with Gasteiger partial charge < -0.3 is 19.4 Å². The Hall–Kier alpha value is -1.21. The third kappa shape index (κ3) is 3.53. The molecule has 4 aliphatic carbocycles. The highest BCUT2D eigenvalue weighted by atomic mass is 16.5. The van der Waals surface area contributed by atoms with Crippen LogP contribution in [0.4, 0.5) is 0 Å². The molecule has 1 aromatic heterocycles. The SMILES string of the molecule is C[C@]12CC[C@H](N3CCOC[C@@H]3CO)C[C@H]1CC[C@@H]1[C@@H]2CC[C@]2(C)[C@@H](c3ccc(=O)oc3)CC[C@]12O. The standard InChI is InChI=1S/C29H43NO5/c1-27-10-7-21(30-13-14-34-18-22(30)16-31)15-20(27)4-5-25-24(27)8-11-28(2)23(9-12-29(25,28)33)19-3-6-26(32)35-17-19/h3,6,17,20-25,31,33H,4-5,7-16,18H2,1-2H3/t20-,21+,22+,23-,24+,25-,27+,28-,29+/m1/s1. The van der Waals surface area contributed by atoms with Gasteiger partial charge in [-0.15, -0.1) is 0 Å². The van der Waals surface area contributed by atoms with E-state index in [9.17, 15) is 15.0 Å². The number of rotatable bonds is 3. The van der Waals surface area contributed by atoms with Crippen molar-refractivity contribution < 1.29 is 19.4 Å². The predicted molar refractivity (Wildman–Crippen MR) is 133 cm³/mol. The van der Waals surface area contributed by atoms with Gasteiger partial charge in [0, 0.05) is 24.1 Å². The van der Waals surface area contributed by atoms with E-state index in [0.29, 0.717) is 30.4 Å². The maximum atomic E-state index is 12.4. The summed E-state index contributed by atoms with van der Waals surface area (Å²) < 4.78 is 10.9. The van der Waals surface area contributed by atoms with Crippen molar-refractivity contribution in [1.29, 1.82) is 0 Å². The molecule has 0 spiro atoms. The predicted octanol–water partition coefficient (Wildman–Crippen LogP) is 3.94. The molecule has 6 rings (SSSR count). The van der Waals surface area contributed by atoms with Crippen LogP contribution in [0.15, 0.2) is 27.6 Å². The van der Waals surface area contributed by atoms with Crippen LogP contribution in [-0.4, -0.2) is 59.2 Å². The van der Waals surface area contributed by atoms with Gasteiger partial charge in [0.1, 0.15) is 0 Å². The van der Waals surface area contributed by atoms with Gasteiger partial charge in [-0.2, -0.15) is 0 Å². The van der Waals surface area contributed by atoms with Crippen LogP contribution < -0.4 is 5.63 Å². The summed E-state index contributed by atoms with van der Waals surface area (Å²) in [5.74, 6) is 1.87. The molecule has 5 fully saturated rings. The maximum Gasteiger partial charge on any atom is 0.335 e. The Morgan fingerprint density at radius 2 is 1.91 bits per heavy atom. The molecular weight excluding hydrogens is 442 g/mol. The molecule has 4 saturated carbocycles. The van der Waals surface area contributed by atoms with Crippen LogP contribution >= 0.6 is 0 Å². The zero-order valence-corrected chi connectivity index (χ0v) is 21.5. The molecule has 0 radical (unpaired) electrons. The monoisotopic (exact) mass is 485 g/mol. The lowest BCUT2D eigenvalue weighted by molar-refractivity contribution is -0.205. The van der Waals surface area contributed by atoms with E-state index >= 15 is 0 Å². The summed E-state index contributed by atoms with van der Waals surface area (Å²) in [6.07, 6.45) is 11.6. The highest BCUT2D eigenvalue weighted by Gasteiger charge is 2.67. The first-order valence-corrected chi connectivity index (χ1v) is 14.1. The van der Waals surface area contributed by atoms with Crippen molar-refractivity contribution in [2.24, 2.45) is 28.6 Å². The van der Waals surface area contributed by atoms with Crippen molar-refractivity contribution in [1.82, 2.24) is 4.90 Å². The molecule has 35 heavy (non-hydrogen) atoms. The highest BCUT2D eigenvalue weighted by molar-refractivity contribution is 5.27. The van der Waals surface area contributed by atoms with Crippen LogP contribution in [-0.2, 0) is 4.74 Å². The molecule has 0 bridgehead atoms. The van der Waals surface area contributed by atoms with E-state index in [1.54, 1.807) is 6.26 Å². The number of morpholine rings is 1. The number of hydrogen-bond donors (Lipinski definition) is 2. The van der Waals surface area contributed by atoms with Gasteiger partial charge in [0.2, 0.25) is 0 Å². The Morgan fingerprint density at radius 1 is 1.06 bits per heavy atom. The minimum atomic E-state index is -0.645. The molecule has 5 aliphatic rings. The van der Waals surface area contributed by atoms with Crippen LogP contribution in [0.3, 0.4) is 0 Å². The van der Waals surface area contributed by atoms with E-state index < -0.39 is 5.60 Å². The van der Waals surface area contributed by atoms with E-state index in [2.05, 4.69) is 18.7 Å². The largest absolute Gasteiger partial charge is 0.431 e. The third-order valence-electron chi connectivity index (χ3n) is 11.9. The van der Waals surface area contributed by atoms with E-state index in [4.69, 9.17) is 9.15 Å². The molecule has 6 heteroatoms. The highest BCUT2D eigenvalue weighted by Crippen LogP contribution is 2.70. The molecule has 2 N–H and O–H groups in total. The molecule has 1 saturated heterocycles. The Kier molecular flexibility index (Phi) is 5.99. The minimum absolute atomic E-state index is 0.142. The van der Waals surface area contributed by atoms with Crippen molar-refractivity contribution in [2.75, 3.05) is 26.4 Å². The van der Waals surface area contributed by atoms with Crippen LogP contribution in [0.2, 0.25) is 0 Å². The summed E-state index contributed by atoms with van der Waals surface area (Å²) >= 11 is 0. The summed E-state index contributed by atoms with van der Waals surface area (Å²) in [5.41, 5.74) is 0.241. The zero-order valence-electron chi connectivity index (χ0n) is 21.5. The summed E-state index contributed by atoms with van der Waals surface area (Å²) in [6.45, 7) is 7.39. The van der Waals surface area contributed by atoms with Gasteiger partial charge >= 0.3 is 5.63 Å². The topological polar surface area (TPSA) is 83.1 Å². The number of aliphatic hydroxyl groups excluding tert-OH is 1. The number of fused-ring (bicyclic) bond motifs is 5. The zero-order chi connectivity index (χ0) is 24.4. The lowest BCUT2D eigenvalue weighted by Gasteiger charge is -2.64. The average Bonchev–Trinajstić information content (AvgIpc) is 3.15. The Balaban J connectivity index is 1.23. The van der Waals surface area contributed by atoms with Crippen molar-refractivity contribution in [3.63, 3.8) is 0 Å². The lowest BCUT2D eigenvalue weighted by atomic mass is 9.43. The maximum absolute atomic E-state index is 12.4. The fraction of sp³-hybridized carbons (Fsp3) is 0.828. The summed E-state index contributed by atoms with van der Waals surface area (Å²) in [6, 6.07) is 4.14. The van der Waals surface area contributed by atoms with E-state index in [1.807, 2.05) is 6.07 Å². The molecule has 0 unspecified atom stereocenters. The van der Waals surface area contributed by atoms with Gasteiger partial charge in [0.05, 0.1) is 37.7 Å². The fourth-order valence-electron chi connectivity index (χ4n) is 9.91. The van der Waals surface area contributed by atoms with Crippen molar-refractivity contribution in [3.05, 3.63) is 34.4 Å². The number of hydrogen-bond acceptors (Lipinski definition) is 6. The van der Waals surface area contributed by atoms with Gasteiger partial charge in [-0.1, -0.05) is 13.8 Å². The third-order valence-corrected chi connectivity index (χ3v) is 11.9. The molecule has 0 aromatic carbocycles. The van der Waals surface area contributed by atoms with E-state index in [0.717, 1.165) is 44.4 Å². The summed E-state index contributed by atoms with van der Waals surface area (Å²) in [5, 5.41) is 22.4. The first-order chi connectivity index (χ1) is 16.8. The van der Waals surface area contributed by atoms with E-state index in [1.165, 1.54) is 38.2 Å². The Labute approximate surface area is 209 Å². The van der Waals surface area contributed by atoms with Crippen molar-refractivity contribution in [2.45, 2.75) is 95.2 Å². The lowest BCUT2D eigenvalue weighted by Crippen LogP contribution is -2.63. The average molecular weight is 486 g/mol. The summed E-state index contributed by atoms with van der Waals surface area (Å²) in [7, 11) is 0. The minimum Gasteiger partial charge on any atom is -0.431 e. The molecule has 9 atom stereocenters. The molecular formula is C29H43NO5. The quantitative estimate of drug-likeness (QED) is 0.675. The molecule has 0 amide bonds. The molecule has 2 heterocycles. The second kappa shape index (κ2) is 8.68. The van der Waals surface area contributed by atoms with Crippen LogP contribution in [0, 0.1) is 28.6 Å². The van der Waals surface area contributed by atoms with Gasteiger partial charge in [0.25, 0.3) is 0 Å². The number of aliphatic hydroxyl groups is 2. The van der Waals surface area contributed by atoms with Crippen molar-refractivity contribution in [3.8, 4) is 0 Å². The normalized spacial score (nSPS) is 48.1. The number of nitrogens with zero attached hydrogens (tertiary/aromatic N) is 1. The molecule has 1 aliphatic heterocycles. The van der Waals surface area contributed by atoms with Crippen LogP contribution in [0.5, 0.6) is 0 Å². The summed E-state index contributed by atoms with van der Waals surface area (Å²) in [4.78, 5) is 14.1. The van der Waals surface area contributed by atoms with E-state index in [-0.39, 0.29) is 35.0 Å². The Bertz CT molecular complexity index is 975. The molecule has 194 valence electrons. The second-order valence-electron chi connectivity index (χ2n) is 12.9. The first-order valence-electron chi connectivity index (χ1n) is 14.1. The van der Waals surface area contributed by atoms with Gasteiger partial charge in [-0.05, 0) is 98.5 Å². The van der Waals surface area contributed by atoms with Gasteiger partial charge in [-0.3, -0.25) is 4.90 Å². The smallest absolute Gasteiger partial charge is 0.335 e. The van der Waals surface area contributed by atoms with Crippen molar-refractivity contribution >= 4 is 0 Å². The molecule has 1 aromatic rings. The number of ether oxygens (including phenoxy) is 1. The second-order valence-corrected chi connectivity index (χ2v) is 12.9. The Morgan fingerprint density at radius 3 is 2.69 bits per heavy atom. The first kappa shape index (κ1) is 24.1. The fourth-order valence-corrected chi connectivity index (χ4v) is 9.91. The van der Waals surface area contributed by atoms with Gasteiger partial charge in [-0.25, -0.2) is 4.79 Å². The van der Waals surface area contributed by atoms with Crippen LogP contribution in [0.25, 0.3) is 0 Å². The van der Waals surface area contributed by atoms with Gasteiger partial charge in [0.15, 0.2) is 0 Å². The van der Waals surface area contributed by atoms with Crippen LogP contribution in [0.1, 0.15) is 83.1 Å². The molecule has 6 nitrogen and oxygen atoms in total.